The molecule has 0 heterocycles. The molecule has 0 radical (unpaired) electrons. The maximum atomic E-state index is 13.3. The second kappa shape index (κ2) is 6.41. The molecule has 1 N–H and O–H groups in total. The molecule has 0 spiro atoms. The smallest absolute Gasteiger partial charge is 0.126 e. The lowest BCUT2D eigenvalue weighted by molar-refractivity contribution is 0.556. The fraction of sp³-hybridized carbons (Fsp3) is 0.200. The molecule has 0 aliphatic carbocycles. The lowest BCUT2D eigenvalue weighted by Gasteiger charge is -2.18. The van der Waals surface area contributed by atoms with E-state index in [0.29, 0.717) is 17.5 Å². The minimum atomic E-state index is -0.617. The Morgan fingerprint density at radius 1 is 1.00 bits per heavy atom. The van der Waals surface area contributed by atoms with Gasteiger partial charge < -0.3 is 5.32 Å². The van der Waals surface area contributed by atoms with Crippen LogP contribution in [0.15, 0.2) is 40.9 Å². The second-order valence-corrected chi connectivity index (χ2v) is 5.34. The van der Waals surface area contributed by atoms with Gasteiger partial charge in [-0.1, -0.05) is 15.9 Å². The van der Waals surface area contributed by atoms with Crippen LogP contribution in [0.5, 0.6) is 0 Å². The van der Waals surface area contributed by atoms with E-state index in [2.05, 4.69) is 21.2 Å². The summed E-state index contributed by atoms with van der Waals surface area (Å²) in [6.07, 6.45) is 0.354. The van der Waals surface area contributed by atoms with Gasteiger partial charge in [-0.2, -0.15) is 0 Å². The zero-order valence-electron chi connectivity index (χ0n) is 10.8. The molecule has 0 fully saturated rings. The molecular formula is C15H13BrF3N. The van der Waals surface area contributed by atoms with Crippen LogP contribution in [0.1, 0.15) is 17.2 Å². The van der Waals surface area contributed by atoms with Gasteiger partial charge in [-0.05, 0) is 54.9 Å². The van der Waals surface area contributed by atoms with Gasteiger partial charge in [-0.3, -0.25) is 0 Å². The molecule has 20 heavy (non-hydrogen) atoms. The molecule has 0 saturated heterocycles. The van der Waals surface area contributed by atoms with Crippen LogP contribution in [0, 0.1) is 17.5 Å². The summed E-state index contributed by atoms with van der Waals surface area (Å²) in [6.45, 7) is 0. The van der Waals surface area contributed by atoms with Gasteiger partial charge in [-0.15, -0.1) is 0 Å². The molecule has 0 aromatic heterocycles. The van der Waals surface area contributed by atoms with E-state index in [1.807, 2.05) is 0 Å². The van der Waals surface area contributed by atoms with Crippen LogP contribution in [0.25, 0.3) is 0 Å². The monoisotopic (exact) mass is 343 g/mol. The van der Waals surface area contributed by atoms with Crippen LogP contribution in [-0.4, -0.2) is 7.05 Å². The number of hydrogen-bond donors (Lipinski definition) is 1. The Labute approximate surface area is 123 Å². The van der Waals surface area contributed by atoms with Crippen LogP contribution >= 0.6 is 15.9 Å². The zero-order valence-corrected chi connectivity index (χ0v) is 12.3. The summed E-state index contributed by atoms with van der Waals surface area (Å²) in [4.78, 5) is 0. The molecule has 0 saturated carbocycles. The van der Waals surface area contributed by atoms with Crippen LogP contribution < -0.4 is 5.32 Å². The number of hydrogen-bond acceptors (Lipinski definition) is 1. The quantitative estimate of drug-likeness (QED) is 0.869. The van der Waals surface area contributed by atoms with Crippen LogP contribution in [0.2, 0.25) is 0 Å². The molecule has 0 aliphatic heterocycles. The SMILES string of the molecule is CNC(Cc1cc(F)cc(F)c1)c1cc(F)ccc1Br. The standard InChI is InChI=1S/C15H13BrF3N/c1-20-15(13-8-10(17)2-3-14(13)16)6-9-4-11(18)7-12(19)5-9/h2-5,7-8,15,20H,6H2,1H3. The average molecular weight is 344 g/mol. The highest BCUT2D eigenvalue weighted by molar-refractivity contribution is 9.10. The van der Waals surface area contributed by atoms with E-state index >= 15 is 0 Å². The molecule has 2 rings (SSSR count). The number of nitrogens with one attached hydrogen (secondary N) is 1. The van der Waals surface area contributed by atoms with Crippen LogP contribution in [0.3, 0.4) is 0 Å². The third kappa shape index (κ3) is 3.61. The van der Waals surface area contributed by atoms with Gasteiger partial charge in [0, 0.05) is 16.6 Å². The summed E-state index contributed by atoms with van der Waals surface area (Å²) in [5, 5.41) is 3.03. The van der Waals surface area contributed by atoms with E-state index in [1.54, 1.807) is 13.1 Å². The Morgan fingerprint density at radius 2 is 1.65 bits per heavy atom. The average Bonchev–Trinajstić information content (AvgIpc) is 2.38. The van der Waals surface area contributed by atoms with Crippen molar-refractivity contribution in [1.82, 2.24) is 5.32 Å². The maximum absolute atomic E-state index is 13.3. The Bertz CT molecular complexity index is 596. The summed E-state index contributed by atoms with van der Waals surface area (Å²) in [5.74, 6) is -1.59. The molecule has 5 heteroatoms. The Kier molecular flexibility index (Phi) is 4.83. The van der Waals surface area contributed by atoms with Crippen molar-refractivity contribution in [2.24, 2.45) is 0 Å². The van der Waals surface area contributed by atoms with Crippen molar-refractivity contribution < 1.29 is 13.2 Å². The first-order valence-electron chi connectivity index (χ1n) is 6.07. The Hall–Kier alpha value is -1.33. The second-order valence-electron chi connectivity index (χ2n) is 4.49. The zero-order chi connectivity index (χ0) is 14.7. The summed E-state index contributed by atoms with van der Waals surface area (Å²) in [7, 11) is 1.72. The minimum absolute atomic E-state index is 0.249. The normalized spacial score (nSPS) is 12.4. The molecule has 0 aliphatic rings. The third-order valence-corrected chi connectivity index (χ3v) is 3.77. The topological polar surface area (TPSA) is 12.0 Å². The van der Waals surface area contributed by atoms with Gasteiger partial charge in [0.25, 0.3) is 0 Å². The van der Waals surface area contributed by atoms with E-state index in [0.717, 1.165) is 10.5 Å². The molecule has 2 aromatic rings. The summed E-state index contributed by atoms with van der Waals surface area (Å²) >= 11 is 3.36. The Morgan fingerprint density at radius 3 is 2.25 bits per heavy atom. The fourth-order valence-electron chi connectivity index (χ4n) is 2.11. The largest absolute Gasteiger partial charge is 0.313 e. The van der Waals surface area contributed by atoms with Crippen molar-refractivity contribution in [3.8, 4) is 0 Å². The molecule has 2 aromatic carbocycles. The number of benzene rings is 2. The molecule has 106 valence electrons. The predicted octanol–water partition coefficient (Wildman–Crippen LogP) is 4.37. The number of halogens is 4. The van der Waals surface area contributed by atoms with Crippen molar-refractivity contribution in [1.29, 1.82) is 0 Å². The number of rotatable bonds is 4. The van der Waals surface area contributed by atoms with Crippen molar-refractivity contribution in [3.05, 3.63) is 69.4 Å². The lowest BCUT2D eigenvalue weighted by Crippen LogP contribution is -2.19. The predicted molar refractivity (Wildman–Crippen MR) is 76.0 cm³/mol. The first-order chi connectivity index (χ1) is 9.49. The van der Waals surface area contributed by atoms with E-state index in [4.69, 9.17) is 0 Å². The van der Waals surface area contributed by atoms with Gasteiger partial charge in [0.05, 0.1) is 0 Å². The summed E-state index contributed by atoms with van der Waals surface area (Å²) in [5.41, 5.74) is 1.22. The highest BCUT2D eigenvalue weighted by Gasteiger charge is 2.15. The molecule has 1 unspecified atom stereocenters. The minimum Gasteiger partial charge on any atom is -0.313 e. The first kappa shape index (κ1) is 15.1. The van der Waals surface area contributed by atoms with Gasteiger partial charge in [-0.25, -0.2) is 13.2 Å². The lowest BCUT2D eigenvalue weighted by atomic mass is 9.98. The van der Waals surface area contributed by atoms with Crippen LogP contribution in [-0.2, 0) is 6.42 Å². The first-order valence-corrected chi connectivity index (χ1v) is 6.86. The van der Waals surface area contributed by atoms with Crippen molar-refractivity contribution >= 4 is 15.9 Å². The van der Waals surface area contributed by atoms with Gasteiger partial charge in [0.2, 0.25) is 0 Å². The van der Waals surface area contributed by atoms with E-state index in [-0.39, 0.29) is 11.9 Å². The fourth-order valence-corrected chi connectivity index (χ4v) is 2.64. The van der Waals surface area contributed by atoms with Crippen molar-refractivity contribution in [2.45, 2.75) is 12.5 Å². The molecular weight excluding hydrogens is 331 g/mol. The molecule has 1 atom stereocenters. The Balaban J connectivity index is 2.31. The van der Waals surface area contributed by atoms with E-state index in [1.165, 1.54) is 24.3 Å². The van der Waals surface area contributed by atoms with Gasteiger partial charge in [0.15, 0.2) is 0 Å². The van der Waals surface area contributed by atoms with Crippen molar-refractivity contribution in [2.75, 3.05) is 7.05 Å². The third-order valence-electron chi connectivity index (χ3n) is 3.04. The van der Waals surface area contributed by atoms with E-state index < -0.39 is 11.6 Å². The van der Waals surface area contributed by atoms with Crippen LogP contribution in [0.4, 0.5) is 13.2 Å². The maximum Gasteiger partial charge on any atom is 0.126 e. The highest BCUT2D eigenvalue weighted by atomic mass is 79.9. The highest BCUT2D eigenvalue weighted by Crippen LogP contribution is 2.27. The molecule has 0 bridgehead atoms. The van der Waals surface area contributed by atoms with Gasteiger partial charge >= 0.3 is 0 Å². The van der Waals surface area contributed by atoms with Crippen molar-refractivity contribution in [3.63, 3.8) is 0 Å². The molecule has 1 nitrogen and oxygen atoms in total. The molecule has 0 amide bonds. The summed E-state index contributed by atoms with van der Waals surface area (Å²) in [6, 6.07) is 7.50. The number of likely N-dealkylation sites (N-methyl/N-ethyl adjacent to an activating group) is 1. The van der Waals surface area contributed by atoms with E-state index in [9.17, 15) is 13.2 Å². The summed E-state index contributed by atoms with van der Waals surface area (Å²) < 4.78 is 40.5. The van der Waals surface area contributed by atoms with Gasteiger partial charge in [0.1, 0.15) is 17.5 Å².